The fraction of sp³-hybridized carbons (Fsp3) is 0.350. The Kier molecular flexibility index (Phi) is 5.11. The molecule has 0 N–H and O–H groups in total. The van der Waals surface area contributed by atoms with Crippen molar-refractivity contribution in [2.75, 3.05) is 39.6 Å². The van der Waals surface area contributed by atoms with E-state index in [0.29, 0.717) is 18.8 Å². The molecule has 4 rings (SSSR count). The first-order chi connectivity index (χ1) is 13.2. The van der Waals surface area contributed by atoms with Crippen molar-refractivity contribution in [1.29, 1.82) is 0 Å². The molecule has 2 heterocycles. The van der Waals surface area contributed by atoms with Crippen molar-refractivity contribution in [3.8, 4) is 17.2 Å². The predicted molar refractivity (Wildman–Crippen MR) is 96.3 cm³/mol. The van der Waals surface area contributed by atoms with Crippen molar-refractivity contribution in [3.05, 3.63) is 53.8 Å². The van der Waals surface area contributed by atoms with Crippen molar-refractivity contribution in [1.82, 2.24) is 9.80 Å². The molecule has 6 nitrogen and oxygen atoms in total. The maximum absolute atomic E-state index is 12.9. The monoisotopic (exact) mass is 372 g/mol. The van der Waals surface area contributed by atoms with Crippen LogP contribution in [0.4, 0.5) is 4.39 Å². The van der Waals surface area contributed by atoms with Crippen molar-refractivity contribution >= 4 is 5.91 Å². The molecular weight excluding hydrogens is 351 g/mol. The quantitative estimate of drug-likeness (QED) is 0.806. The van der Waals surface area contributed by atoms with Gasteiger partial charge in [-0.2, -0.15) is 0 Å². The van der Waals surface area contributed by atoms with Crippen LogP contribution in [0.5, 0.6) is 17.2 Å². The summed E-state index contributed by atoms with van der Waals surface area (Å²) < 4.78 is 29.1. The number of nitrogens with zero attached hydrogens (tertiary/aromatic N) is 2. The molecule has 1 fully saturated rings. The van der Waals surface area contributed by atoms with E-state index in [4.69, 9.17) is 14.2 Å². The molecule has 0 saturated carbocycles. The molecular formula is C20H21FN2O4. The molecule has 0 aromatic heterocycles. The fourth-order valence-electron chi connectivity index (χ4n) is 3.22. The molecule has 142 valence electrons. The van der Waals surface area contributed by atoms with Gasteiger partial charge in [-0.1, -0.05) is 6.07 Å². The third kappa shape index (κ3) is 4.31. The number of amides is 1. The summed E-state index contributed by atoms with van der Waals surface area (Å²) >= 11 is 0. The van der Waals surface area contributed by atoms with Gasteiger partial charge in [0.25, 0.3) is 5.91 Å². The lowest BCUT2D eigenvalue weighted by Crippen LogP contribution is -2.49. The van der Waals surface area contributed by atoms with Crippen LogP contribution in [0, 0.1) is 5.82 Å². The summed E-state index contributed by atoms with van der Waals surface area (Å²) in [6.45, 7) is 3.98. The van der Waals surface area contributed by atoms with Crippen molar-refractivity contribution < 1.29 is 23.4 Å². The number of piperazine rings is 1. The van der Waals surface area contributed by atoms with Gasteiger partial charge in [0.1, 0.15) is 11.6 Å². The third-order valence-corrected chi connectivity index (χ3v) is 4.74. The van der Waals surface area contributed by atoms with Crippen LogP contribution in [0.1, 0.15) is 5.56 Å². The third-order valence-electron chi connectivity index (χ3n) is 4.74. The van der Waals surface area contributed by atoms with Crippen LogP contribution < -0.4 is 14.2 Å². The van der Waals surface area contributed by atoms with Gasteiger partial charge >= 0.3 is 0 Å². The van der Waals surface area contributed by atoms with Crippen LogP contribution in [0.15, 0.2) is 42.5 Å². The van der Waals surface area contributed by atoms with Crippen LogP contribution in [0.25, 0.3) is 0 Å². The summed E-state index contributed by atoms with van der Waals surface area (Å²) in [6.07, 6.45) is 0. The first kappa shape index (κ1) is 17.6. The summed E-state index contributed by atoms with van der Waals surface area (Å²) in [4.78, 5) is 16.4. The molecule has 0 spiro atoms. The lowest BCUT2D eigenvalue weighted by atomic mass is 10.1. The Morgan fingerprint density at radius 2 is 1.74 bits per heavy atom. The van der Waals surface area contributed by atoms with Gasteiger partial charge in [-0.25, -0.2) is 4.39 Å². The van der Waals surface area contributed by atoms with Gasteiger partial charge in [0.2, 0.25) is 6.79 Å². The van der Waals surface area contributed by atoms with Crippen molar-refractivity contribution in [2.24, 2.45) is 0 Å². The number of hydrogen-bond acceptors (Lipinski definition) is 5. The number of fused-ring (bicyclic) bond motifs is 1. The Morgan fingerprint density at radius 1 is 1.00 bits per heavy atom. The number of ether oxygens (including phenoxy) is 3. The van der Waals surface area contributed by atoms with Crippen molar-refractivity contribution in [2.45, 2.75) is 6.54 Å². The topological polar surface area (TPSA) is 51.2 Å². The first-order valence-corrected chi connectivity index (χ1v) is 8.94. The predicted octanol–water partition coefficient (Wildman–Crippen LogP) is 2.28. The zero-order valence-electron chi connectivity index (χ0n) is 14.9. The van der Waals surface area contributed by atoms with E-state index in [1.807, 2.05) is 18.2 Å². The van der Waals surface area contributed by atoms with E-state index < -0.39 is 0 Å². The van der Waals surface area contributed by atoms with E-state index in [-0.39, 0.29) is 25.1 Å². The average Bonchev–Trinajstić information content (AvgIpc) is 3.16. The molecule has 0 bridgehead atoms. The number of carbonyl (C=O) groups excluding carboxylic acids is 1. The van der Waals surface area contributed by atoms with E-state index in [0.717, 1.165) is 31.1 Å². The lowest BCUT2D eigenvalue weighted by molar-refractivity contribution is -0.135. The zero-order chi connectivity index (χ0) is 18.6. The number of carbonyl (C=O) groups is 1. The molecule has 0 radical (unpaired) electrons. The molecule has 1 saturated heterocycles. The second-order valence-electron chi connectivity index (χ2n) is 6.59. The number of rotatable bonds is 5. The van der Waals surface area contributed by atoms with Gasteiger partial charge in [0.15, 0.2) is 18.1 Å². The zero-order valence-corrected chi connectivity index (χ0v) is 14.9. The molecule has 2 aliphatic heterocycles. The van der Waals surface area contributed by atoms with E-state index >= 15 is 0 Å². The van der Waals surface area contributed by atoms with Crippen molar-refractivity contribution in [3.63, 3.8) is 0 Å². The highest BCUT2D eigenvalue weighted by atomic mass is 19.1. The highest BCUT2D eigenvalue weighted by Gasteiger charge is 2.22. The van der Waals surface area contributed by atoms with Gasteiger partial charge < -0.3 is 19.1 Å². The van der Waals surface area contributed by atoms with Gasteiger partial charge in [-0.15, -0.1) is 0 Å². The van der Waals surface area contributed by atoms with Crippen LogP contribution in [-0.4, -0.2) is 55.3 Å². The van der Waals surface area contributed by atoms with Crippen LogP contribution >= 0.6 is 0 Å². The minimum Gasteiger partial charge on any atom is -0.484 e. The number of halogens is 1. The van der Waals surface area contributed by atoms with Gasteiger partial charge in [-0.3, -0.25) is 9.69 Å². The summed E-state index contributed by atoms with van der Waals surface area (Å²) in [6, 6.07) is 11.7. The molecule has 0 unspecified atom stereocenters. The normalized spacial score (nSPS) is 16.4. The van der Waals surface area contributed by atoms with Gasteiger partial charge in [-0.05, 0) is 42.0 Å². The van der Waals surface area contributed by atoms with Gasteiger partial charge in [0.05, 0.1) is 0 Å². The van der Waals surface area contributed by atoms with E-state index in [1.54, 1.807) is 4.90 Å². The Hall–Kier alpha value is -2.80. The summed E-state index contributed by atoms with van der Waals surface area (Å²) in [5, 5.41) is 0. The number of benzene rings is 2. The van der Waals surface area contributed by atoms with Crippen LogP contribution in [-0.2, 0) is 11.3 Å². The minimum absolute atomic E-state index is 0.0339. The highest BCUT2D eigenvalue weighted by Crippen LogP contribution is 2.32. The largest absolute Gasteiger partial charge is 0.484 e. The molecule has 7 heteroatoms. The standard InChI is InChI=1S/C20H21FN2O4/c21-16-2-4-17(5-3-16)25-13-20(24)23-9-7-22(8-10-23)12-15-1-6-18-19(11-15)27-14-26-18/h1-6,11H,7-10,12-14H2. The molecule has 2 aromatic rings. The van der Waals surface area contributed by atoms with Crippen LogP contribution in [0.2, 0.25) is 0 Å². The Morgan fingerprint density at radius 3 is 2.52 bits per heavy atom. The Bertz CT molecular complexity index is 804. The van der Waals surface area contributed by atoms with E-state index in [9.17, 15) is 9.18 Å². The second kappa shape index (κ2) is 7.84. The SMILES string of the molecule is O=C(COc1ccc(F)cc1)N1CCN(Cc2ccc3c(c2)OCO3)CC1. The molecule has 2 aromatic carbocycles. The molecule has 1 amide bonds. The fourth-order valence-corrected chi connectivity index (χ4v) is 3.22. The second-order valence-corrected chi connectivity index (χ2v) is 6.59. The lowest BCUT2D eigenvalue weighted by Gasteiger charge is -2.34. The van der Waals surface area contributed by atoms with E-state index in [1.165, 1.54) is 29.8 Å². The summed E-state index contributed by atoms with van der Waals surface area (Å²) in [5.74, 6) is 1.69. The maximum Gasteiger partial charge on any atom is 0.260 e. The molecule has 0 atom stereocenters. The van der Waals surface area contributed by atoms with E-state index in [2.05, 4.69) is 4.90 Å². The Balaban J connectivity index is 1.23. The maximum atomic E-state index is 12.9. The summed E-state index contributed by atoms with van der Waals surface area (Å²) in [7, 11) is 0. The average molecular weight is 372 g/mol. The molecule has 2 aliphatic rings. The Labute approximate surface area is 157 Å². The molecule has 27 heavy (non-hydrogen) atoms. The minimum atomic E-state index is -0.327. The summed E-state index contributed by atoms with van der Waals surface area (Å²) in [5.41, 5.74) is 1.17. The smallest absolute Gasteiger partial charge is 0.260 e. The highest BCUT2D eigenvalue weighted by molar-refractivity contribution is 5.77. The first-order valence-electron chi connectivity index (χ1n) is 8.94. The van der Waals surface area contributed by atoms with Crippen LogP contribution in [0.3, 0.4) is 0 Å². The van der Waals surface area contributed by atoms with Gasteiger partial charge in [0, 0.05) is 32.7 Å². The molecule has 0 aliphatic carbocycles. The number of hydrogen-bond donors (Lipinski definition) is 0.